The van der Waals surface area contributed by atoms with Crippen molar-refractivity contribution in [1.82, 2.24) is 25.2 Å². The van der Waals surface area contributed by atoms with Crippen LogP contribution in [0.25, 0.3) is 0 Å². The van der Waals surface area contributed by atoms with Crippen LogP contribution in [0.3, 0.4) is 0 Å². The lowest BCUT2D eigenvalue weighted by Crippen LogP contribution is -2.24. The van der Waals surface area contributed by atoms with Crippen molar-refractivity contribution < 1.29 is 4.52 Å². The molecule has 0 spiro atoms. The van der Waals surface area contributed by atoms with E-state index in [4.69, 9.17) is 9.62 Å². The Hall–Kier alpha value is -2.47. The van der Waals surface area contributed by atoms with Crippen LogP contribution in [0.2, 0.25) is 0 Å². The molecule has 1 atom stereocenters. The van der Waals surface area contributed by atoms with Crippen LogP contribution in [0.15, 0.2) is 28.8 Å². The highest BCUT2D eigenvalue weighted by Gasteiger charge is 2.14. The van der Waals surface area contributed by atoms with Gasteiger partial charge < -0.3 is 9.84 Å². The standard InChI is InChI=1S/C21H29N5O/c1-14-6-8-18(9-7-14)13-26-17(4)19(16(3)24-26)10-11-21-23-20(25-27-21)12-15(2)22-5/h6-9,15,22H,10-13H2,1-5H3. The molecule has 144 valence electrons. The SMILES string of the molecule is CNC(C)Cc1noc(CCc2c(C)nn(Cc3ccc(C)cc3)c2C)n1. The predicted molar refractivity (Wildman–Crippen MR) is 106 cm³/mol. The molecule has 0 saturated heterocycles. The van der Waals surface area contributed by atoms with Gasteiger partial charge in [-0.25, -0.2) is 0 Å². The van der Waals surface area contributed by atoms with Crippen LogP contribution >= 0.6 is 0 Å². The first-order chi connectivity index (χ1) is 13.0. The van der Waals surface area contributed by atoms with Gasteiger partial charge in [-0.1, -0.05) is 35.0 Å². The molecule has 1 N–H and O–H groups in total. The molecule has 1 unspecified atom stereocenters. The second-order valence-corrected chi connectivity index (χ2v) is 7.29. The first-order valence-corrected chi connectivity index (χ1v) is 9.53. The highest BCUT2D eigenvalue weighted by atomic mass is 16.5. The Bertz CT molecular complexity index is 879. The zero-order chi connectivity index (χ0) is 19.4. The molecule has 3 rings (SSSR count). The van der Waals surface area contributed by atoms with Gasteiger partial charge in [0.25, 0.3) is 0 Å². The molecule has 3 aromatic rings. The van der Waals surface area contributed by atoms with Crippen molar-refractivity contribution in [2.45, 2.75) is 59.5 Å². The van der Waals surface area contributed by atoms with Crippen LogP contribution in [0.5, 0.6) is 0 Å². The molecule has 1 aromatic carbocycles. The zero-order valence-corrected chi connectivity index (χ0v) is 16.9. The molecule has 2 aromatic heterocycles. The minimum Gasteiger partial charge on any atom is -0.339 e. The van der Waals surface area contributed by atoms with Gasteiger partial charge in [0.2, 0.25) is 5.89 Å². The van der Waals surface area contributed by atoms with Crippen molar-refractivity contribution >= 4 is 0 Å². The van der Waals surface area contributed by atoms with E-state index in [2.05, 4.69) is 72.1 Å². The van der Waals surface area contributed by atoms with Crippen LogP contribution in [-0.2, 0) is 25.8 Å². The van der Waals surface area contributed by atoms with Crippen LogP contribution in [-0.4, -0.2) is 33.0 Å². The summed E-state index contributed by atoms with van der Waals surface area (Å²) in [6.07, 6.45) is 2.36. The molecule has 6 heteroatoms. The number of rotatable bonds is 8. The summed E-state index contributed by atoms with van der Waals surface area (Å²) >= 11 is 0. The van der Waals surface area contributed by atoms with Crippen LogP contribution in [0.4, 0.5) is 0 Å². The minimum absolute atomic E-state index is 0.333. The number of nitrogens with zero attached hydrogens (tertiary/aromatic N) is 4. The van der Waals surface area contributed by atoms with E-state index in [1.165, 1.54) is 22.4 Å². The fourth-order valence-electron chi connectivity index (χ4n) is 3.20. The van der Waals surface area contributed by atoms with Gasteiger partial charge in [-0.2, -0.15) is 10.1 Å². The van der Waals surface area contributed by atoms with Gasteiger partial charge >= 0.3 is 0 Å². The van der Waals surface area contributed by atoms with E-state index in [0.717, 1.165) is 37.3 Å². The second-order valence-electron chi connectivity index (χ2n) is 7.29. The zero-order valence-electron chi connectivity index (χ0n) is 16.9. The number of hydrogen-bond acceptors (Lipinski definition) is 5. The van der Waals surface area contributed by atoms with E-state index >= 15 is 0 Å². The Morgan fingerprint density at radius 3 is 2.56 bits per heavy atom. The maximum Gasteiger partial charge on any atom is 0.226 e. The van der Waals surface area contributed by atoms with E-state index in [1.54, 1.807) is 0 Å². The Morgan fingerprint density at radius 2 is 1.85 bits per heavy atom. The minimum atomic E-state index is 0.333. The molecule has 27 heavy (non-hydrogen) atoms. The highest BCUT2D eigenvalue weighted by molar-refractivity contribution is 5.27. The Morgan fingerprint density at radius 1 is 1.11 bits per heavy atom. The van der Waals surface area contributed by atoms with Crippen molar-refractivity contribution in [2.75, 3.05) is 7.05 Å². The molecular formula is C21H29N5O. The number of nitrogens with one attached hydrogen (secondary N) is 1. The van der Waals surface area contributed by atoms with Gasteiger partial charge in [-0.3, -0.25) is 4.68 Å². The summed E-state index contributed by atoms with van der Waals surface area (Å²) in [5, 5.41) is 12.0. The summed E-state index contributed by atoms with van der Waals surface area (Å²) < 4.78 is 7.50. The largest absolute Gasteiger partial charge is 0.339 e. The maximum atomic E-state index is 5.41. The Balaban J connectivity index is 1.65. The van der Waals surface area contributed by atoms with Gasteiger partial charge in [0.1, 0.15) is 0 Å². The molecule has 0 aliphatic heterocycles. The van der Waals surface area contributed by atoms with Gasteiger partial charge in [-0.05, 0) is 52.3 Å². The average molecular weight is 367 g/mol. The first kappa shape index (κ1) is 19.3. The maximum absolute atomic E-state index is 5.41. The molecule has 0 bridgehead atoms. The topological polar surface area (TPSA) is 68.8 Å². The number of aromatic nitrogens is 4. The molecular weight excluding hydrogens is 338 g/mol. The summed E-state index contributed by atoms with van der Waals surface area (Å²) in [6.45, 7) is 9.21. The van der Waals surface area contributed by atoms with Crippen LogP contribution in [0.1, 0.15) is 46.7 Å². The smallest absolute Gasteiger partial charge is 0.226 e. The number of likely N-dealkylation sites (N-methyl/N-ethyl adjacent to an activating group) is 1. The number of hydrogen-bond donors (Lipinski definition) is 1. The van der Waals surface area contributed by atoms with Crippen molar-refractivity contribution in [3.63, 3.8) is 0 Å². The lowest BCUT2D eigenvalue weighted by molar-refractivity contribution is 0.371. The van der Waals surface area contributed by atoms with Gasteiger partial charge in [0, 0.05) is 24.6 Å². The molecule has 0 fully saturated rings. The Kier molecular flexibility index (Phi) is 6.06. The average Bonchev–Trinajstić information content (AvgIpc) is 3.20. The van der Waals surface area contributed by atoms with Crippen LogP contribution < -0.4 is 5.32 Å². The van der Waals surface area contributed by atoms with Crippen molar-refractivity contribution in [1.29, 1.82) is 0 Å². The highest BCUT2D eigenvalue weighted by Crippen LogP contribution is 2.17. The summed E-state index contributed by atoms with van der Waals surface area (Å²) in [7, 11) is 1.94. The molecule has 0 aliphatic rings. The second kappa shape index (κ2) is 8.48. The third-order valence-corrected chi connectivity index (χ3v) is 5.06. The van der Waals surface area contributed by atoms with E-state index < -0.39 is 0 Å². The number of benzene rings is 1. The number of aryl methyl sites for hydroxylation is 3. The molecule has 0 amide bonds. The van der Waals surface area contributed by atoms with Gasteiger partial charge in [-0.15, -0.1) is 0 Å². The quantitative estimate of drug-likeness (QED) is 0.662. The van der Waals surface area contributed by atoms with E-state index in [9.17, 15) is 0 Å². The van der Waals surface area contributed by atoms with Crippen LogP contribution in [0, 0.1) is 20.8 Å². The van der Waals surface area contributed by atoms with Crippen molar-refractivity contribution in [3.8, 4) is 0 Å². The summed E-state index contributed by atoms with van der Waals surface area (Å²) in [6, 6.07) is 8.95. The third-order valence-electron chi connectivity index (χ3n) is 5.06. The van der Waals surface area contributed by atoms with Gasteiger partial charge in [0.05, 0.1) is 12.2 Å². The third kappa shape index (κ3) is 4.83. The monoisotopic (exact) mass is 367 g/mol. The molecule has 2 heterocycles. The van der Waals surface area contributed by atoms with E-state index in [0.29, 0.717) is 11.9 Å². The molecule has 0 aliphatic carbocycles. The summed E-state index contributed by atoms with van der Waals surface area (Å²) in [4.78, 5) is 4.51. The summed E-state index contributed by atoms with van der Waals surface area (Å²) in [5.41, 5.74) is 6.08. The summed E-state index contributed by atoms with van der Waals surface area (Å²) in [5.74, 6) is 1.45. The predicted octanol–water partition coefficient (Wildman–Crippen LogP) is 3.18. The first-order valence-electron chi connectivity index (χ1n) is 9.53. The Labute approximate surface area is 161 Å². The van der Waals surface area contributed by atoms with E-state index in [-0.39, 0.29) is 0 Å². The molecule has 0 radical (unpaired) electrons. The van der Waals surface area contributed by atoms with Gasteiger partial charge in [0.15, 0.2) is 5.82 Å². The van der Waals surface area contributed by atoms with Crippen molar-refractivity contribution in [2.24, 2.45) is 0 Å². The molecule has 6 nitrogen and oxygen atoms in total. The normalized spacial score (nSPS) is 12.5. The lowest BCUT2D eigenvalue weighted by atomic mass is 10.1. The fraction of sp³-hybridized carbons (Fsp3) is 0.476. The van der Waals surface area contributed by atoms with E-state index in [1.807, 2.05) is 7.05 Å². The fourth-order valence-corrected chi connectivity index (χ4v) is 3.20. The lowest BCUT2D eigenvalue weighted by Gasteiger charge is -2.06. The van der Waals surface area contributed by atoms with Crippen molar-refractivity contribution in [3.05, 3.63) is 64.1 Å². The molecule has 0 saturated carbocycles.